The molecule has 1 aliphatic heterocycles. The molecule has 0 N–H and O–H groups in total. The van der Waals surface area contributed by atoms with E-state index in [1.54, 1.807) is 24.5 Å². The normalized spacial score (nSPS) is 14.6. The van der Waals surface area contributed by atoms with Crippen LogP contribution >= 0.6 is 0 Å². The van der Waals surface area contributed by atoms with Crippen molar-refractivity contribution < 1.29 is 9.21 Å². The Morgan fingerprint density at radius 2 is 1.59 bits per heavy atom. The number of furan rings is 1. The highest BCUT2D eigenvalue weighted by molar-refractivity contribution is 6.18. The number of tetrazole rings is 1. The van der Waals surface area contributed by atoms with Crippen LogP contribution in [0.25, 0.3) is 23.2 Å². The van der Waals surface area contributed by atoms with Crippen LogP contribution in [0.4, 0.5) is 5.69 Å². The van der Waals surface area contributed by atoms with E-state index < -0.39 is 0 Å². The number of carbonyl (C=O) groups excluding carboxylic acids is 1. The van der Waals surface area contributed by atoms with Gasteiger partial charge in [-0.2, -0.15) is 4.68 Å². The number of carbonyl (C=O) groups is 1. The molecule has 0 atom stereocenters. The van der Waals surface area contributed by atoms with E-state index >= 15 is 0 Å². The molecule has 160 valence electrons. The van der Waals surface area contributed by atoms with Crippen LogP contribution in [0, 0.1) is 0 Å². The van der Waals surface area contributed by atoms with E-state index in [0.29, 0.717) is 30.4 Å². The number of benzene rings is 2. The summed E-state index contributed by atoms with van der Waals surface area (Å²) in [5, 5.41) is 12.1. The molecule has 1 saturated heterocycles. The fourth-order valence-corrected chi connectivity index (χ4v) is 3.81. The Morgan fingerprint density at radius 1 is 0.875 bits per heavy atom. The van der Waals surface area contributed by atoms with E-state index in [9.17, 15) is 4.79 Å². The second kappa shape index (κ2) is 8.89. The molecule has 4 aromatic rings. The molecule has 0 unspecified atom stereocenters. The third kappa shape index (κ3) is 4.02. The van der Waals surface area contributed by atoms with Gasteiger partial charge in [0.15, 0.2) is 5.82 Å². The van der Waals surface area contributed by atoms with Crippen molar-refractivity contribution in [3.8, 4) is 11.4 Å². The Hall–Kier alpha value is -4.20. The lowest BCUT2D eigenvalue weighted by atomic mass is 10.2. The summed E-state index contributed by atoms with van der Waals surface area (Å²) in [6, 6.07) is 23.4. The number of anilines is 1. The van der Waals surface area contributed by atoms with E-state index in [0.717, 1.165) is 24.3 Å². The molecule has 1 amide bonds. The molecule has 2 aromatic carbocycles. The fraction of sp³-hybridized carbons (Fsp3) is 0.167. The zero-order valence-corrected chi connectivity index (χ0v) is 17.4. The van der Waals surface area contributed by atoms with Crippen LogP contribution < -0.4 is 4.90 Å². The van der Waals surface area contributed by atoms with Gasteiger partial charge in [0.25, 0.3) is 5.91 Å². The number of para-hydroxylation sites is 1. The standard InChI is InChI=1S/C24H22N6O2/c31-24(29-15-13-28(14-16-29)20-10-5-2-6-11-20)22(18-21-12-7-17-32-21)30-23(25-26-27-30)19-8-3-1-4-9-19/h1-12,17-18H,13-16H2/b22-18+. The van der Waals surface area contributed by atoms with Gasteiger partial charge in [-0.05, 0) is 34.7 Å². The molecule has 0 radical (unpaired) electrons. The van der Waals surface area contributed by atoms with Gasteiger partial charge in [-0.25, -0.2) is 0 Å². The minimum atomic E-state index is -0.140. The van der Waals surface area contributed by atoms with E-state index in [1.165, 1.54) is 4.68 Å². The first-order chi connectivity index (χ1) is 15.8. The number of piperazine rings is 1. The zero-order valence-electron chi connectivity index (χ0n) is 17.4. The molecule has 0 aliphatic carbocycles. The number of nitrogens with zero attached hydrogens (tertiary/aromatic N) is 6. The lowest BCUT2D eigenvalue weighted by Crippen LogP contribution is -2.49. The quantitative estimate of drug-likeness (QED) is 0.456. The minimum absolute atomic E-state index is 0.140. The molecule has 1 aliphatic rings. The van der Waals surface area contributed by atoms with Crippen LogP contribution in [0.15, 0.2) is 83.5 Å². The predicted octanol–water partition coefficient (Wildman–Crippen LogP) is 3.28. The Kier molecular flexibility index (Phi) is 5.48. The third-order valence-electron chi connectivity index (χ3n) is 5.46. The number of hydrogen-bond acceptors (Lipinski definition) is 6. The van der Waals surface area contributed by atoms with Crippen molar-refractivity contribution in [2.24, 2.45) is 0 Å². The number of amides is 1. The van der Waals surface area contributed by atoms with Crippen LogP contribution in [-0.2, 0) is 4.79 Å². The van der Waals surface area contributed by atoms with Crippen molar-refractivity contribution >= 4 is 23.4 Å². The highest BCUT2D eigenvalue weighted by Gasteiger charge is 2.27. The lowest BCUT2D eigenvalue weighted by Gasteiger charge is -2.36. The van der Waals surface area contributed by atoms with Crippen molar-refractivity contribution in [1.82, 2.24) is 25.1 Å². The number of aromatic nitrogens is 4. The highest BCUT2D eigenvalue weighted by Crippen LogP contribution is 2.23. The molecule has 1 fully saturated rings. The predicted molar refractivity (Wildman–Crippen MR) is 121 cm³/mol. The van der Waals surface area contributed by atoms with Gasteiger partial charge in [0.1, 0.15) is 11.5 Å². The van der Waals surface area contributed by atoms with Gasteiger partial charge in [0.2, 0.25) is 0 Å². The second-order valence-corrected chi connectivity index (χ2v) is 7.44. The molecule has 32 heavy (non-hydrogen) atoms. The minimum Gasteiger partial charge on any atom is -0.465 e. The molecule has 8 heteroatoms. The van der Waals surface area contributed by atoms with Crippen LogP contribution in [0.2, 0.25) is 0 Å². The van der Waals surface area contributed by atoms with E-state index in [2.05, 4.69) is 32.6 Å². The Balaban J connectivity index is 1.43. The smallest absolute Gasteiger partial charge is 0.272 e. The SMILES string of the molecule is O=C(/C(=C\c1ccco1)n1nnnc1-c1ccccc1)N1CCN(c2ccccc2)CC1. The molecule has 3 heterocycles. The molecule has 0 saturated carbocycles. The van der Waals surface area contributed by atoms with E-state index in [1.807, 2.05) is 53.4 Å². The van der Waals surface area contributed by atoms with Gasteiger partial charge >= 0.3 is 0 Å². The summed E-state index contributed by atoms with van der Waals surface area (Å²) >= 11 is 0. The van der Waals surface area contributed by atoms with Gasteiger partial charge in [-0.15, -0.1) is 5.10 Å². The summed E-state index contributed by atoms with van der Waals surface area (Å²) in [5.41, 5.74) is 2.33. The Bertz CT molecular complexity index is 1190. The molecule has 5 rings (SSSR count). The van der Waals surface area contributed by atoms with Gasteiger partial charge in [0.05, 0.1) is 6.26 Å². The zero-order chi connectivity index (χ0) is 21.8. The largest absolute Gasteiger partial charge is 0.465 e. The average Bonchev–Trinajstić information content (AvgIpc) is 3.56. The van der Waals surface area contributed by atoms with Gasteiger partial charge < -0.3 is 14.2 Å². The van der Waals surface area contributed by atoms with Crippen molar-refractivity contribution in [2.45, 2.75) is 0 Å². The number of rotatable bonds is 5. The Labute approximate surface area is 185 Å². The summed E-state index contributed by atoms with van der Waals surface area (Å²) in [6.07, 6.45) is 3.26. The van der Waals surface area contributed by atoms with Gasteiger partial charge in [-0.3, -0.25) is 4.79 Å². The van der Waals surface area contributed by atoms with Crippen LogP contribution in [-0.4, -0.2) is 57.2 Å². The average molecular weight is 426 g/mol. The summed E-state index contributed by atoms with van der Waals surface area (Å²) in [7, 11) is 0. The van der Waals surface area contributed by atoms with Crippen LogP contribution in [0.1, 0.15) is 5.76 Å². The van der Waals surface area contributed by atoms with Crippen molar-refractivity contribution in [1.29, 1.82) is 0 Å². The molecular formula is C24H22N6O2. The first kappa shape index (κ1) is 19.7. The van der Waals surface area contributed by atoms with Crippen LogP contribution in [0.3, 0.4) is 0 Å². The molecule has 8 nitrogen and oxygen atoms in total. The molecular weight excluding hydrogens is 404 g/mol. The maximum Gasteiger partial charge on any atom is 0.272 e. The number of hydrogen-bond donors (Lipinski definition) is 0. The van der Waals surface area contributed by atoms with E-state index in [-0.39, 0.29) is 5.91 Å². The highest BCUT2D eigenvalue weighted by atomic mass is 16.3. The summed E-state index contributed by atoms with van der Waals surface area (Å²) in [4.78, 5) is 17.8. The summed E-state index contributed by atoms with van der Waals surface area (Å²) < 4.78 is 6.97. The molecule has 2 aromatic heterocycles. The molecule has 0 bridgehead atoms. The first-order valence-corrected chi connectivity index (χ1v) is 10.5. The van der Waals surface area contributed by atoms with Crippen molar-refractivity contribution in [2.75, 3.05) is 31.1 Å². The maximum absolute atomic E-state index is 13.6. The van der Waals surface area contributed by atoms with Crippen molar-refractivity contribution in [3.05, 3.63) is 84.8 Å². The first-order valence-electron chi connectivity index (χ1n) is 10.5. The monoisotopic (exact) mass is 426 g/mol. The maximum atomic E-state index is 13.6. The fourth-order valence-electron chi connectivity index (χ4n) is 3.81. The third-order valence-corrected chi connectivity index (χ3v) is 5.46. The molecule has 0 spiro atoms. The van der Waals surface area contributed by atoms with Gasteiger partial charge in [0, 0.05) is 43.5 Å². The topological polar surface area (TPSA) is 80.3 Å². The summed E-state index contributed by atoms with van der Waals surface area (Å²) in [6.45, 7) is 2.72. The van der Waals surface area contributed by atoms with Crippen molar-refractivity contribution in [3.63, 3.8) is 0 Å². The van der Waals surface area contributed by atoms with Gasteiger partial charge in [-0.1, -0.05) is 48.5 Å². The van der Waals surface area contributed by atoms with Crippen LogP contribution in [0.5, 0.6) is 0 Å². The second-order valence-electron chi connectivity index (χ2n) is 7.44. The lowest BCUT2D eigenvalue weighted by molar-refractivity contribution is -0.125. The summed E-state index contributed by atoms with van der Waals surface area (Å²) in [5.74, 6) is 0.920. The van der Waals surface area contributed by atoms with E-state index in [4.69, 9.17) is 4.42 Å². The Morgan fingerprint density at radius 3 is 2.28 bits per heavy atom.